The van der Waals surface area contributed by atoms with Crippen LogP contribution in [0.4, 0.5) is 11.4 Å². The van der Waals surface area contributed by atoms with E-state index in [2.05, 4.69) is 22.9 Å². The highest BCUT2D eigenvalue weighted by molar-refractivity contribution is 7.80. The van der Waals surface area contributed by atoms with Crippen molar-refractivity contribution < 1.29 is 9.59 Å². The van der Waals surface area contributed by atoms with Crippen LogP contribution in [-0.4, -0.2) is 16.9 Å². The minimum Gasteiger partial charge on any atom is -0.332 e. The molecule has 0 saturated carbocycles. The topological polar surface area (TPSA) is 70.2 Å². The molecule has 6 heteroatoms. The van der Waals surface area contributed by atoms with E-state index in [1.165, 1.54) is 57.8 Å². The molecule has 0 aliphatic carbocycles. The molecule has 0 aliphatic rings. The zero-order valence-electron chi connectivity index (χ0n) is 21.3. The summed E-state index contributed by atoms with van der Waals surface area (Å²) in [6.45, 7) is 4.23. The van der Waals surface area contributed by atoms with E-state index in [0.717, 1.165) is 24.1 Å². The molecule has 2 aromatic rings. The molecule has 3 N–H and O–H groups in total. The van der Waals surface area contributed by atoms with E-state index in [1.807, 2.05) is 37.3 Å². The highest BCUT2D eigenvalue weighted by Gasteiger charge is 2.09. The maximum atomic E-state index is 12.6. The molecule has 0 heterocycles. The van der Waals surface area contributed by atoms with E-state index in [0.29, 0.717) is 17.7 Å². The first-order valence-electron chi connectivity index (χ1n) is 13.1. The Hall–Kier alpha value is -2.73. The molecule has 0 saturated heterocycles. The molecule has 190 valence electrons. The van der Waals surface area contributed by atoms with Gasteiger partial charge in [-0.3, -0.25) is 9.59 Å². The number of carbonyl (C=O) groups excluding carboxylic acids is 2. The molecule has 0 spiro atoms. The Morgan fingerprint density at radius 3 is 1.94 bits per heavy atom. The second kappa shape index (κ2) is 16.8. The number of amides is 2. The molecule has 0 radical (unpaired) electrons. The maximum absolute atomic E-state index is 12.6. The third kappa shape index (κ3) is 12.5. The van der Waals surface area contributed by atoms with Gasteiger partial charge in [-0.05, 0) is 61.5 Å². The number of nitrogens with one attached hydrogen (secondary N) is 3. The van der Waals surface area contributed by atoms with E-state index in [4.69, 9.17) is 12.2 Å². The zero-order chi connectivity index (χ0) is 25.3. The molecule has 0 fully saturated rings. The lowest BCUT2D eigenvalue weighted by atomic mass is 10.1. The van der Waals surface area contributed by atoms with Gasteiger partial charge in [0.1, 0.15) is 0 Å². The van der Waals surface area contributed by atoms with Crippen molar-refractivity contribution in [2.75, 3.05) is 10.6 Å². The predicted molar refractivity (Wildman–Crippen MR) is 151 cm³/mol. The lowest BCUT2D eigenvalue weighted by molar-refractivity contribution is -0.119. The average Bonchev–Trinajstić information content (AvgIpc) is 2.82. The number of anilines is 2. The van der Waals surface area contributed by atoms with Crippen LogP contribution in [0.1, 0.15) is 99.9 Å². The lowest BCUT2D eigenvalue weighted by Gasteiger charge is -2.11. The molecule has 0 bridgehead atoms. The third-order valence-corrected chi connectivity index (χ3v) is 6.12. The molecule has 2 amide bonds. The highest BCUT2D eigenvalue weighted by atomic mass is 32.1. The number of hydrogen-bond acceptors (Lipinski definition) is 3. The summed E-state index contributed by atoms with van der Waals surface area (Å²) >= 11 is 5.28. The number of benzene rings is 2. The van der Waals surface area contributed by atoms with E-state index < -0.39 is 0 Å². The first-order chi connectivity index (χ1) is 17.0. The fraction of sp³-hybridized carbons (Fsp3) is 0.483. The van der Waals surface area contributed by atoms with Crippen molar-refractivity contribution in [1.29, 1.82) is 0 Å². The van der Waals surface area contributed by atoms with E-state index in [-0.39, 0.29) is 16.9 Å². The Bertz CT molecular complexity index is 945. The van der Waals surface area contributed by atoms with E-state index >= 15 is 0 Å². The van der Waals surface area contributed by atoms with Gasteiger partial charge in [-0.2, -0.15) is 0 Å². The third-order valence-electron chi connectivity index (χ3n) is 5.92. The molecule has 0 unspecified atom stereocenters. The van der Waals surface area contributed by atoms with Gasteiger partial charge in [-0.15, -0.1) is 0 Å². The number of carbonyl (C=O) groups is 2. The van der Waals surface area contributed by atoms with Crippen molar-refractivity contribution in [1.82, 2.24) is 5.32 Å². The second-order valence-electron chi connectivity index (χ2n) is 9.19. The summed E-state index contributed by atoms with van der Waals surface area (Å²) < 4.78 is 0. The van der Waals surface area contributed by atoms with Crippen LogP contribution in [0, 0.1) is 6.92 Å². The fourth-order valence-corrected chi connectivity index (χ4v) is 4.20. The quantitative estimate of drug-likeness (QED) is 0.174. The summed E-state index contributed by atoms with van der Waals surface area (Å²) in [6.07, 6.45) is 14.2. The van der Waals surface area contributed by atoms with Gasteiger partial charge in [0.25, 0.3) is 5.91 Å². The lowest BCUT2D eigenvalue weighted by Crippen LogP contribution is -2.34. The van der Waals surface area contributed by atoms with Crippen LogP contribution < -0.4 is 16.0 Å². The van der Waals surface area contributed by atoms with Gasteiger partial charge in [0.05, 0.1) is 0 Å². The van der Waals surface area contributed by atoms with Crippen molar-refractivity contribution in [2.45, 2.75) is 90.9 Å². The van der Waals surface area contributed by atoms with Crippen LogP contribution in [0.3, 0.4) is 0 Å². The van der Waals surface area contributed by atoms with Gasteiger partial charge in [0, 0.05) is 23.4 Å². The number of thiocarbonyl (C=S) groups is 1. The summed E-state index contributed by atoms with van der Waals surface area (Å²) in [5.41, 5.74) is 2.99. The van der Waals surface area contributed by atoms with Crippen molar-refractivity contribution in [2.24, 2.45) is 0 Å². The van der Waals surface area contributed by atoms with Crippen LogP contribution in [0.5, 0.6) is 0 Å². The number of unbranched alkanes of at least 4 members (excludes halogenated alkanes) is 10. The van der Waals surface area contributed by atoms with Gasteiger partial charge in [0.2, 0.25) is 5.91 Å². The Morgan fingerprint density at radius 2 is 1.31 bits per heavy atom. The van der Waals surface area contributed by atoms with E-state index in [9.17, 15) is 9.59 Å². The summed E-state index contributed by atoms with van der Waals surface area (Å²) in [6, 6.07) is 14.7. The van der Waals surface area contributed by atoms with Crippen LogP contribution in [0.25, 0.3) is 0 Å². The molecular formula is C29H41N3O2S. The van der Waals surface area contributed by atoms with Crippen LogP contribution in [0.2, 0.25) is 0 Å². The first kappa shape index (κ1) is 28.5. The summed E-state index contributed by atoms with van der Waals surface area (Å²) in [7, 11) is 0. The first-order valence-corrected chi connectivity index (χ1v) is 13.5. The molecule has 5 nitrogen and oxygen atoms in total. The molecule has 0 atom stereocenters. The zero-order valence-corrected chi connectivity index (χ0v) is 22.1. The predicted octanol–water partition coefficient (Wildman–Crippen LogP) is 7.76. The minimum absolute atomic E-state index is 0.0771. The van der Waals surface area contributed by atoms with Crippen molar-refractivity contribution in [3.8, 4) is 0 Å². The monoisotopic (exact) mass is 495 g/mol. The molecule has 2 rings (SSSR count). The number of rotatable bonds is 15. The molecule has 0 aliphatic heterocycles. The Balaban J connectivity index is 1.62. The van der Waals surface area contributed by atoms with Crippen LogP contribution >= 0.6 is 12.2 Å². The minimum atomic E-state index is -0.203. The van der Waals surface area contributed by atoms with Gasteiger partial charge in [-0.25, -0.2) is 0 Å². The Labute approximate surface area is 216 Å². The van der Waals surface area contributed by atoms with Gasteiger partial charge >= 0.3 is 0 Å². The smallest absolute Gasteiger partial charge is 0.255 e. The fourth-order valence-electron chi connectivity index (χ4n) is 3.97. The summed E-state index contributed by atoms with van der Waals surface area (Å²) in [4.78, 5) is 24.8. The standard InChI is InChI=1S/C29H41N3O2S/c1-3-4-5-6-7-8-9-10-11-12-13-20-27(33)32-29(35)31-26-19-15-17-24(22-26)28(34)30-25-18-14-16-23(2)21-25/h14-19,21-22H,3-13,20H2,1-2H3,(H,30,34)(H2,31,32,33,35). The SMILES string of the molecule is CCCCCCCCCCCCCC(=O)NC(=S)Nc1cccc(C(=O)Nc2cccc(C)c2)c1. The molecule has 0 aromatic heterocycles. The number of hydrogen-bond donors (Lipinski definition) is 3. The van der Waals surface area contributed by atoms with E-state index in [1.54, 1.807) is 18.2 Å². The van der Waals surface area contributed by atoms with Crippen LogP contribution in [0.15, 0.2) is 48.5 Å². The molecular weight excluding hydrogens is 454 g/mol. The normalized spacial score (nSPS) is 10.6. The van der Waals surface area contributed by atoms with Gasteiger partial charge in [0.15, 0.2) is 5.11 Å². The van der Waals surface area contributed by atoms with Crippen molar-refractivity contribution in [3.05, 3.63) is 59.7 Å². The van der Waals surface area contributed by atoms with Crippen molar-refractivity contribution >= 4 is 40.5 Å². The number of aryl methyl sites for hydroxylation is 1. The average molecular weight is 496 g/mol. The van der Waals surface area contributed by atoms with Crippen molar-refractivity contribution in [3.63, 3.8) is 0 Å². The Kier molecular flexibility index (Phi) is 13.7. The summed E-state index contributed by atoms with van der Waals surface area (Å²) in [5.74, 6) is -0.280. The Morgan fingerprint density at radius 1 is 0.743 bits per heavy atom. The second-order valence-corrected chi connectivity index (χ2v) is 9.60. The van der Waals surface area contributed by atoms with Gasteiger partial charge in [-0.1, -0.05) is 89.3 Å². The highest BCUT2D eigenvalue weighted by Crippen LogP contribution is 2.15. The molecule has 35 heavy (non-hydrogen) atoms. The maximum Gasteiger partial charge on any atom is 0.255 e. The van der Waals surface area contributed by atoms with Crippen LogP contribution in [-0.2, 0) is 4.79 Å². The largest absolute Gasteiger partial charge is 0.332 e. The van der Waals surface area contributed by atoms with Gasteiger partial charge < -0.3 is 16.0 Å². The summed E-state index contributed by atoms with van der Waals surface area (Å²) in [5, 5.41) is 8.88. The molecule has 2 aromatic carbocycles.